The summed E-state index contributed by atoms with van der Waals surface area (Å²) in [5, 5.41) is 3.11. The third kappa shape index (κ3) is 4.88. The number of nitrogens with zero attached hydrogens (tertiary/aromatic N) is 3. The zero-order valence-electron chi connectivity index (χ0n) is 18.1. The van der Waals surface area contributed by atoms with Crippen LogP contribution in [0.25, 0.3) is 11.0 Å². The number of rotatable bonds is 8. The molecule has 0 aliphatic carbocycles. The van der Waals surface area contributed by atoms with Crippen molar-refractivity contribution < 1.29 is 22.6 Å². The SMILES string of the molecule is COc1cc(Nc2nc3ccccc3nc2NS(=O)(=O)c2ccc(OC)nc2)cc(OC)c1. The van der Waals surface area contributed by atoms with Crippen molar-refractivity contribution in [2.24, 2.45) is 0 Å². The van der Waals surface area contributed by atoms with E-state index in [0.29, 0.717) is 34.1 Å². The lowest BCUT2D eigenvalue weighted by Crippen LogP contribution is -2.16. The number of ether oxygens (including phenoxy) is 3. The second-order valence-electron chi connectivity index (χ2n) is 6.78. The molecule has 0 bridgehead atoms. The van der Waals surface area contributed by atoms with Crippen molar-refractivity contribution >= 4 is 38.4 Å². The van der Waals surface area contributed by atoms with Crippen LogP contribution < -0.4 is 24.2 Å². The molecule has 0 aliphatic heterocycles. The van der Waals surface area contributed by atoms with E-state index in [-0.39, 0.29) is 16.5 Å². The molecule has 4 rings (SSSR count). The Morgan fingerprint density at radius 3 is 1.97 bits per heavy atom. The first-order chi connectivity index (χ1) is 15.9. The number of hydrogen-bond donors (Lipinski definition) is 2. The van der Waals surface area contributed by atoms with Crippen molar-refractivity contribution in [3.63, 3.8) is 0 Å². The molecule has 10 nitrogen and oxygen atoms in total. The predicted molar refractivity (Wildman–Crippen MR) is 124 cm³/mol. The highest BCUT2D eigenvalue weighted by molar-refractivity contribution is 7.92. The Bertz CT molecular complexity index is 1370. The third-order valence-corrected chi connectivity index (χ3v) is 5.97. The summed E-state index contributed by atoms with van der Waals surface area (Å²) >= 11 is 0. The maximum absolute atomic E-state index is 13.0. The molecule has 0 spiro atoms. The number of aromatic nitrogens is 3. The van der Waals surface area contributed by atoms with Crippen LogP contribution in [0.15, 0.2) is 65.7 Å². The summed E-state index contributed by atoms with van der Waals surface area (Å²) in [6.07, 6.45) is 1.20. The van der Waals surface area contributed by atoms with Gasteiger partial charge in [-0.15, -0.1) is 0 Å². The normalized spacial score (nSPS) is 11.1. The van der Waals surface area contributed by atoms with E-state index in [9.17, 15) is 8.42 Å². The van der Waals surface area contributed by atoms with E-state index < -0.39 is 10.0 Å². The number of fused-ring (bicyclic) bond motifs is 1. The standard InChI is InChI=1S/C22H21N5O5S/c1-30-15-10-14(11-16(12-15)31-2)24-21-22(26-19-7-5-4-6-18(19)25-21)27-33(28,29)17-8-9-20(32-3)23-13-17/h4-13H,1-3H3,(H,24,25)(H,26,27). The maximum Gasteiger partial charge on any atom is 0.264 e. The van der Waals surface area contributed by atoms with Crippen LogP contribution in [0.4, 0.5) is 17.3 Å². The lowest BCUT2D eigenvalue weighted by Gasteiger charge is -2.15. The van der Waals surface area contributed by atoms with Gasteiger partial charge in [-0.3, -0.25) is 4.72 Å². The number of sulfonamides is 1. The van der Waals surface area contributed by atoms with Gasteiger partial charge in [-0.25, -0.2) is 23.4 Å². The highest BCUT2D eigenvalue weighted by Gasteiger charge is 2.20. The highest BCUT2D eigenvalue weighted by atomic mass is 32.2. The van der Waals surface area contributed by atoms with Crippen LogP contribution in [0.2, 0.25) is 0 Å². The molecule has 2 aromatic heterocycles. The summed E-state index contributed by atoms with van der Waals surface area (Å²) in [5.41, 5.74) is 1.68. The predicted octanol–water partition coefficient (Wildman–Crippen LogP) is 3.60. The summed E-state index contributed by atoms with van der Waals surface area (Å²) in [7, 11) is 0.519. The Morgan fingerprint density at radius 1 is 0.788 bits per heavy atom. The molecular formula is C22H21N5O5S. The largest absolute Gasteiger partial charge is 0.497 e. The van der Waals surface area contributed by atoms with E-state index in [1.54, 1.807) is 36.4 Å². The summed E-state index contributed by atoms with van der Waals surface area (Å²) in [6.45, 7) is 0. The van der Waals surface area contributed by atoms with Crippen molar-refractivity contribution in [2.45, 2.75) is 4.90 Å². The van der Waals surface area contributed by atoms with Crippen LogP contribution in [-0.2, 0) is 10.0 Å². The molecule has 2 N–H and O–H groups in total. The minimum absolute atomic E-state index is 0.0197. The molecule has 0 saturated heterocycles. The van der Waals surface area contributed by atoms with E-state index in [4.69, 9.17) is 14.2 Å². The molecule has 2 heterocycles. The maximum atomic E-state index is 13.0. The molecule has 33 heavy (non-hydrogen) atoms. The number of benzene rings is 2. The van der Waals surface area contributed by atoms with Crippen molar-refractivity contribution in [1.29, 1.82) is 0 Å². The molecule has 170 valence electrons. The number of anilines is 3. The number of hydrogen-bond acceptors (Lipinski definition) is 9. The second-order valence-corrected chi connectivity index (χ2v) is 8.46. The van der Waals surface area contributed by atoms with Gasteiger partial charge in [0.2, 0.25) is 5.88 Å². The Labute approximate surface area is 190 Å². The molecular weight excluding hydrogens is 446 g/mol. The van der Waals surface area contributed by atoms with Gasteiger partial charge < -0.3 is 19.5 Å². The molecule has 0 fully saturated rings. The van der Waals surface area contributed by atoms with Crippen molar-refractivity contribution in [1.82, 2.24) is 15.0 Å². The fourth-order valence-electron chi connectivity index (χ4n) is 3.01. The van der Waals surface area contributed by atoms with E-state index in [2.05, 4.69) is 25.0 Å². The number of methoxy groups -OCH3 is 3. The van der Waals surface area contributed by atoms with Crippen LogP contribution >= 0.6 is 0 Å². The van der Waals surface area contributed by atoms with Gasteiger partial charge in [-0.05, 0) is 18.2 Å². The zero-order valence-corrected chi connectivity index (χ0v) is 18.9. The molecule has 0 amide bonds. The molecule has 0 aliphatic rings. The molecule has 0 saturated carbocycles. The minimum Gasteiger partial charge on any atom is -0.497 e. The third-order valence-electron chi connectivity index (χ3n) is 4.64. The Morgan fingerprint density at radius 2 is 1.42 bits per heavy atom. The second kappa shape index (κ2) is 9.17. The van der Waals surface area contributed by atoms with Crippen LogP contribution in [-0.4, -0.2) is 44.7 Å². The summed E-state index contributed by atoms with van der Waals surface area (Å²) < 4.78 is 44.1. The first-order valence-corrected chi connectivity index (χ1v) is 11.2. The van der Waals surface area contributed by atoms with Gasteiger partial charge >= 0.3 is 0 Å². The van der Waals surface area contributed by atoms with Gasteiger partial charge in [0, 0.05) is 30.0 Å². The average molecular weight is 468 g/mol. The summed E-state index contributed by atoms with van der Waals surface area (Å²) in [5.74, 6) is 1.63. The molecule has 0 unspecified atom stereocenters. The number of nitrogens with one attached hydrogen (secondary N) is 2. The molecule has 11 heteroatoms. The van der Waals surface area contributed by atoms with Crippen molar-refractivity contribution in [3.05, 3.63) is 60.8 Å². The Kier molecular flexibility index (Phi) is 6.13. The molecule has 0 atom stereocenters. The van der Waals surface area contributed by atoms with Gasteiger partial charge in [-0.2, -0.15) is 0 Å². The Hall–Kier alpha value is -4.12. The van der Waals surface area contributed by atoms with Gasteiger partial charge in [0.05, 0.1) is 38.6 Å². The molecule has 2 aromatic carbocycles. The zero-order chi connectivity index (χ0) is 23.4. The van der Waals surface area contributed by atoms with E-state index in [1.165, 1.54) is 39.7 Å². The lowest BCUT2D eigenvalue weighted by molar-refractivity contribution is 0.395. The smallest absolute Gasteiger partial charge is 0.264 e. The van der Waals surface area contributed by atoms with Crippen molar-refractivity contribution in [2.75, 3.05) is 31.4 Å². The van der Waals surface area contributed by atoms with Gasteiger partial charge in [0.1, 0.15) is 16.4 Å². The lowest BCUT2D eigenvalue weighted by atomic mass is 10.2. The summed E-state index contributed by atoms with van der Waals surface area (Å²) in [6, 6.07) is 15.2. The molecule has 0 radical (unpaired) electrons. The first-order valence-electron chi connectivity index (χ1n) is 9.71. The van der Waals surface area contributed by atoms with Crippen LogP contribution in [0.1, 0.15) is 0 Å². The molecule has 4 aromatic rings. The van der Waals surface area contributed by atoms with Gasteiger partial charge in [0.15, 0.2) is 11.6 Å². The Balaban J connectivity index is 1.76. The number of pyridine rings is 1. The van der Waals surface area contributed by atoms with Crippen LogP contribution in [0, 0.1) is 0 Å². The van der Waals surface area contributed by atoms with Gasteiger partial charge in [-0.1, -0.05) is 12.1 Å². The van der Waals surface area contributed by atoms with Crippen LogP contribution in [0.3, 0.4) is 0 Å². The van der Waals surface area contributed by atoms with E-state index >= 15 is 0 Å². The fraction of sp³-hybridized carbons (Fsp3) is 0.136. The minimum atomic E-state index is -4.01. The highest BCUT2D eigenvalue weighted by Crippen LogP contribution is 2.31. The summed E-state index contributed by atoms with van der Waals surface area (Å²) in [4.78, 5) is 13.0. The van der Waals surface area contributed by atoms with Crippen molar-refractivity contribution in [3.8, 4) is 17.4 Å². The van der Waals surface area contributed by atoms with Crippen LogP contribution in [0.5, 0.6) is 17.4 Å². The van der Waals surface area contributed by atoms with E-state index in [0.717, 1.165) is 0 Å². The number of para-hydroxylation sites is 2. The first kappa shape index (κ1) is 22.1. The average Bonchev–Trinajstić information content (AvgIpc) is 2.84. The monoisotopic (exact) mass is 467 g/mol. The van der Waals surface area contributed by atoms with E-state index in [1.807, 2.05) is 6.07 Å². The van der Waals surface area contributed by atoms with Gasteiger partial charge in [0.25, 0.3) is 10.0 Å². The quantitative estimate of drug-likeness (QED) is 0.400. The fourth-order valence-corrected chi connectivity index (χ4v) is 3.96. The topological polar surface area (TPSA) is 125 Å².